The van der Waals surface area contributed by atoms with Crippen LogP contribution in [0.2, 0.25) is 0 Å². The molecule has 4 rings (SSSR count). The summed E-state index contributed by atoms with van der Waals surface area (Å²) in [5.41, 5.74) is 5.32. The first kappa shape index (κ1) is 42.1. The van der Waals surface area contributed by atoms with E-state index in [-0.39, 0.29) is 0 Å². The van der Waals surface area contributed by atoms with Crippen LogP contribution in [0.5, 0.6) is 23.0 Å². The van der Waals surface area contributed by atoms with Gasteiger partial charge in [0.2, 0.25) is 0 Å². The van der Waals surface area contributed by atoms with Crippen molar-refractivity contribution in [1.82, 2.24) is 0 Å². The fourth-order valence-electron chi connectivity index (χ4n) is 9.23. The van der Waals surface area contributed by atoms with E-state index in [4.69, 9.17) is 18.9 Å². The monoisotopic (exact) mass is 693 g/mol. The second-order valence-corrected chi connectivity index (χ2v) is 16.6. The summed E-state index contributed by atoms with van der Waals surface area (Å²) in [5.74, 6) is 9.59. The van der Waals surface area contributed by atoms with Crippen LogP contribution in [0, 0.1) is 35.5 Å². The number of rotatable bonds is 16. The van der Waals surface area contributed by atoms with Gasteiger partial charge in [-0.1, -0.05) is 93.9 Å². The minimum atomic E-state index is 0.540. The Bertz CT molecular complexity index is 1120. The molecule has 2 aromatic rings. The molecule has 0 amide bonds. The van der Waals surface area contributed by atoms with Crippen LogP contribution >= 0.6 is 0 Å². The fourth-order valence-corrected chi connectivity index (χ4v) is 9.23. The summed E-state index contributed by atoms with van der Waals surface area (Å²) in [4.78, 5) is 0. The maximum Gasteiger partial charge on any atom is 0.126 e. The summed E-state index contributed by atoms with van der Waals surface area (Å²) in [6.45, 7) is 18.7. The molecule has 0 aliphatic heterocycles. The van der Waals surface area contributed by atoms with Crippen LogP contribution in [0.3, 0.4) is 0 Å². The van der Waals surface area contributed by atoms with Crippen molar-refractivity contribution in [2.75, 3.05) is 28.4 Å². The van der Waals surface area contributed by atoms with Crippen molar-refractivity contribution in [2.24, 2.45) is 35.5 Å². The molecule has 0 aromatic heterocycles. The number of benzene rings is 2. The molecule has 0 N–H and O–H groups in total. The third-order valence-corrected chi connectivity index (χ3v) is 12.1. The topological polar surface area (TPSA) is 36.9 Å². The van der Waals surface area contributed by atoms with E-state index < -0.39 is 0 Å². The first-order valence-electron chi connectivity index (χ1n) is 20.5. The Morgan fingerprint density at radius 3 is 1.10 bits per heavy atom. The van der Waals surface area contributed by atoms with Crippen molar-refractivity contribution in [3.8, 4) is 23.0 Å². The molecule has 4 heteroatoms. The number of aryl methyl sites for hydroxylation is 2. The molecule has 50 heavy (non-hydrogen) atoms. The molecule has 4 nitrogen and oxygen atoms in total. The zero-order valence-electron chi connectivity index (χ0n) is 34.5. The first-order chi connectivity index (χ1) is 24.0. The molecule has 2 saturated carbocycles. The van der Waals surface area contributed by atoms with Gasteiger partial charge in [-0.15, -0.1) is 0 Å². The maximum absolute atomic E-state index is 5.87. The van der Waals surface area contributed by atoms with Crippen LogP contribution in [0.15, 0.2) is 24.3 Å². The van der Waals surface area contributed by atoms with Gasteiger partial charge >= 0.3 is 0 Å². The van der Waals surface area contributed by atoms with Gasteiger partial charge in [0.15, 0.2) is 0 Å². The SMILES string of the molecule is CCCCCc1cc(OC)c([C@@H]2C[C@@H](C)CC[C@H]2C(C)C)c(OC)c1.CCCCCc1cc(OC)c([C@@H]2C[C@H](C)CC[C@H]2C(C)C)c(OC)c1. The predicted octanol–water partition coefficient (Wildman–Crippen LogP) is 13.2. The van der Waals surface area contributed by atoms with Gasteiger partial charge in [-0.25, -0.2) is 0 Å². The van der Waals surface area contributed by atoms with Gasteiger partial charge in [0.25, 0.3) is 0 Å². The molecule has 2 aliphatic carbocycles. The third-order valence-electron chi connectivity index (χ3n) is 12.1. The van der Waals surface area contributed by atoms with Crippen molar-refractivity contribution in [1.29, 1.82) is 0 Å². The van der Waals surface area contributed by atoms with E-state index in [1.54, 1.807) is 0 Å². The molecule has 2 aliphatic rings. The third kappa shape index (κ3) is 11.3. The van der Waals surface area contributed by atoms with E-state index in [0.29, 0.717) is 35.5 Å². The Labute approximate surface area is 308 Å². The lowest BCUT2D eigenvalue weighted by Crippen LogP contribution is -2.27. The standard InChI is InChI=1S/2C23H38O2/c2*1-7-8-9-10-18-14-21(24-5)23(22(15-18)25-6)20-13-17(4)11-12-19(20)16(2)3/h2*14-17,19-20H,7-13H2,1-6H3/t17-,19+,20-;17-,19-,20+/m10/s1. The second-order valence-electron chi connectivity index (χ2n) is 16.6. The maximum atomic E-state index is 5.87. The quantitative estimate of drug-likeness (QED) is 0.164. The lowest BCUT2D eigenvalue weighted by atomic mass is 9.67. The van der Waals surface area contributed by atoms with Crippen molar-refractivity contribution in [3.63, 3.8) is 0 Å². The predicted molar refractivity (Wildman–Crippen MR) is 214 cm³/mol. The van der Waals surface area contributed by atoms with Crippen LogP contribution < -0.4 is 18.9 Å². The van der Waals surface area contributed by atoms with Crippen LogP contribution in [0.1, 0.15) is 167 Å². The zero-order valence-corrected chi connectivity index (χ0v) is 34.5. The first-order valence-corrected chi connectivity index (χ1v) is 20.5. The molecule has 0 unspecified atom stereocenters. The molecule has 284 valence electrons. The van der Waals surface area contributed by atoms with Crippen molar-refractivity contribution in [2.45, 2.75) is 157 Å². The lowest BCUT2D eigenvalue weighted by Gasteiger charge is -2.39. The molecule has 2 fully saturated rings. The van der Waals surface area contributed by atoms with Gasteiger partial charge in [0, 0.05) is 11.1 Å². The minimum Gasteiger partial charge on any atom is -0.496 e. The van der Waals surface area contributed by atoms with E-state index in [1.807, 2.05) is 28.4 Å². The van der Waals surface area contributed by atoms with E-state index >= 15 is 0 Å². The van der Waals surface area contributed by atoms with E-state index in [9.17, 15) is 0 Å². The summed E-state index contributed by atoms with van der Waals surface area (Å²) < 4.78 is 23.5. The molecular weight excluding hydrogens is 617 g/mol. The molecule has 0 saturated heterocycles. The number of methoxy groups -OCH3 is 4. The summed E-state index contributed by atoms with van der Waals surface area (Å²) >= 11 is 0. The van der Waals surface area contributed by atoms with Gasteiger partial charge in [0.05, 0.1) is 28.4 Å². The Balaban J connectivity index is 0.000000270. The zero-order chi connectivity index (χ0) is 36.8. The normalized spacial score (nSPS) is 23.7. The summed E-state index contributed by atoms with van der Waals surface area (Å²) in [5, 5.41) is 0. The lowest BCUT2D eigenvalue weighted by molar-refractivity contribution is 0.191. The van der Waals surface area contributed by atoms with Crippen molar-refractivity contribution in [3.05, 3.63) is 46.5 Å². The van der Waals surface area contributed by atoms with Crippen LogP contribution in [0.25, 0.3) is 0 Å². The Kier molecular flexibility index (Phi) is 17.9. The molecule has 2 aromatic carbocycles. The molecular formula is C46H76O4. The Morgan fingerprint density at radius 1 is 0.520 bits per heavy atom. The average molecular weight is 693 g/mol. The summed E-state index contributed by atoms with van der Waals surface area (Å²) in [7, 11) is 7.24. The number of unbranched alkanes of at least 4 members (excludes halogenated alkanes) is 4. The van der Waals surface area contributed by atoms with Gasteiger partial charge in [0.1, 0.15) is 23.0 Å². The Hall–Kier alpha value is -2.36. The highest BCUT2D eigenvalue weighted by Crippen LogP contribution is 2.51. The number of hydrogen-bond donors (Lipinski definition) is 0. The molecule has 6 atom stereocenters. The second kappa shape index (κ2) is 21.2. The van der Waals surface area contributed by atoms with E-state index in [1.165, 1.54) is 99.3 Å². The fraction of sp³-hybridized carbons (Fsp3) is 0.739. The van der Waals surface area contributed by atoms with Gasteiger partial charge in [-0.05, 0) is 134 Å². The van der Waals surface area contributed by atoms with Gasteiger partial charge < -0.3 is 18.9 Å². The van der Waals surface area contributed by atoms with E-state index in [2.05, 4.69) is 79.7 Å². The largest absolute Gasteiger partial charge is 0.496 e. The minimum absolute atomic E-state index is 0.540. The summed E-state index contributed by atoms with van der Waals surface area (Å²) in [6.07, 6.45) is 17.5. The van der Waals surface area contributed by atoms with Crippen molar-refractivity contribution < 1.29 is 18.9 Å². The van der Waals surface area contributed by atoms with Crippen LogP contribution in [-0.4, -0.2) is 28.4 Å². The summed E-state index contributed by atoms with van der Waals surface area (Å²) in [6, 6.07) is 9.07. The van der Waals surface area contributed by atoms with Gasteiger partial charge in [-0.3, -0.25) is 0 Å². The smallest absolute Gasteiger partial charge is 0.126 e. The highest BCUT2D eigenvalue weighted by molar-refractivity contribution is 5.52. The Morgan fingerprint density at radius 2 is 0.840 bits per heavy atom. The average Bonchev–Trinajstić information content (AvgIpc) is 3.10. The van der Waals surface area contributed by atoms with Crippen LogP contribution in [0.4, 0.5) is 0 Å². The molecule has 0 spiro atoms. The number of ether oxygens (including phenoxy) is 4. The highest BCUT2D eigenvalue weighted by Gasteiger charge is 2.37. The molecule has 0 heterocycles. The van der Waals surface area contributed by atoms with Crippen molar-refractivity contribution >= 4 is 0 Å². The van der Waals surface area contributed by atoms with Gasteiger partial charge in [-0.2, -0.15) is 0 Å². The van der Waals surface area contributed by atoms with E-state index in [0.717, 1.165) is 47.7 Å². The number of hydrogen-bond acceptors (Lipinski definition) is 4. The highest BCUT2D eigenvalue weighted by atomic mass is 16.5. The van der Waals surface area contributed by atoms with Crippen LogP contribution in [-0.2, 0) is 12.8 Å². The molecule has 0 radical (unpaired) electrons. The molecule has 0 bridgehead atoms.